The van der Waals surface area contributed by atoms with Gasteiger partial charge in [-0.1, -0.05) is 13.3 Å². The number of amides is 1. The van der Waals surface area contributed by atoms with E-state index in [1.165, 1.54) is 0 Å². The molecule has 1 aliphatic heterocycles. The highest BCUT2D eigenvalue weighted by molar-refractivity contribution is 5.85. The average Bonchev–Trinajstić information content (AvgIpc) is 2.74. The Morgan fingerprint density at radius 2 is 2.12 bits per heavy atom. The number of carbonyl (C=O) groups excluding carboxylic acids is 1. The van der Waals surface area contributed by atoms with Gasteiger partial charge in [-0.2, -0.15) is 0 Å². The van der Waals surface area contributed by atoms with Crippen LogP contribution in [0.1, 0.15) is 32.6 Å². The van der Waals surface area contributed by atoms with Crippen LogP contribution in [-0.4, -0.2) is 30.5 Å². The van der Waals surface area contributed by atoms with Crippen molar-refractivity contribution in [2.24, 2.45) is 5.92 Å². The largest absolute Gasteiger partial charge is 0.352 e. The van der Waals surface area contributed by atoms with E-state index in [0.29, 0.717) is 5.92 Å². The fourth-order valence-corrected chi connectivity index (χ4v) is 2.54. The van der Waals surface area contributed by atoms with Gasteiger partial charge >= 0.3 is 0 Å². The normalized spacial score (nSPS) is 35.4. The molecule has 2 N–H and O–H groups in total. The first-order valence-electron chi connectivity index (χ1n) is 5.89. The van der Waals surface area contributed by atoms with E-state index in [1.54, 1.807) is 0 Å². The van der Waals surface area contributed by atoms with Crippen LogP contribution in [0.3, 0.4) is 0 Å². The molecule has 1 heterocycles. The second-order valence-electron chi connectivity index (χ2n) is 5.02. The maximum atomic E-state index is 12.9. The third-order valence-electron chi connectivity index (χ3n) is 3.62. The molecule has 0 bridgehead atoms. The summed E-state index contributed by atoms with van der Waals surface area (Å²) in [5, 5.41) is 5.45. The van der Waals surface area contributed by atoms with Crippen LogP contribution in [0.5, 0.6) is 0 Å². The molecule has 2 fully saturated rings. The third-order valence-corrected chi connectivity index (χ3v) is 3.62. The zero-order valence-electron chi connectivity index (χ0n) is 9.84. The van der Waals surface area contributed by atoms with Crippen LogP contribution < -0.4 is 10.6 Å². The van der Waals surface area contributed by atoms with Crippen LogP contribution in [-0.2, 0) is 4.79 Å². The van der Waals surface area contributed by atoms with Crippen LogP contribution in [0, 0.1) is 5.92 Å². The van der Waals surface area contributed by atoms with Crippen LogP contribution in [0.25, 0.3) is 0 Å². The second-order valence-corrected chi connectivity index (χ2v) is 5.02. The van der Waals surface area contributed by atoms with Crippen molar-refractivity contribution >= 4 is 18.3 Å². The number of rotatable bonds is 2. The molecule has 0 radical (unpaired) electrons. The Morgan fingerprint density at radius 1 is 1.41 bits per heavy atom. The Kier molecular flexibility index (Phi) is 4.72. The molecule has 0 spiro atoms. The lowest BCUT2D eigenvalue weighted by molar-refractivity contribution is -0.124. The van der Waals surface area contributed by atoms with Crippen LogP contribution in [0.15, 0.2) is 0 Å². The van der Waals surface area contributed by atoms with Crippen molar-refractivity contribution in [3.8, 4) is 0 Å². The van der Waals surface area contributed by atoms with Crippen molar-refractivity contribution in [1.29, 1.82) is 0 Å². The molecule has 0 aromatic rings. The summed E-state index contributed by atoms with van der Waals surface area (Å²) in [6, 6.07) is -0.550. The molecule has 0 aromatic carbocycles. The van der Waals surface area contributed by atoms with E-state index in [0.717, 1.165) is 19.3 Å². The van der Waals surface area contributed by atoms with E-state index in [-0.39, 0.29) is 37.3 Å². The zero-order chi connectivity index (χ0) is 11.8. The van der Waals surface area contributed by atoms with Crippen LogP contribution in [0.4, 0.5) is 8.78 Å². The van der Waals surface area contributed by atoms with E-state index in [1.807, 2.05) is 0 Å². The van der Waals surface area contributed by atoms with Crippen LogP contribution >= 0.6 is 12.4 Å². The molecule has 6 heteroatoms. The Balaban J connectivity index is 0.00000144. The van der Waals surface area contributed by atoms with E-state index in [2.05, 4.69) is 17.6 Å². The van der Waals surface area contributed by atoms with Crippen molar-refractivity contribution in [2.75, 3.05) is 6.54 Å². The van der Waals surface area contributed by atoms with Gasteiger partial charge in [-0.3, -0.25) is 10.1 Å². The molecule has 3 unspecified atom stereocenters. The van der Waals surface area contributed by atoms with Gasteiger partial charge in [-0.05, 0) is 18.8 Å². The van der Waals surface area contributed by atoms with Crippen molar-refractivity contribution in [3.63, 3.8) is 0 Å². The quantitative estimate of drug-likeness (QED) is 0.801. The minimum atomic E-state index is -2.73. The van der Waals surface area contributed by atoms with Crippen molar-refractivity contribution in [3.05, 3.63) is 0 Å². The van der Waals surface area contributed by atoms with Gasteiger partial charge in [0.25, 0.3) is 5.92 Å². The fourth-order valence-electron chi connectivity index (χ4n) is 2.54. The van der Waals surface area contributed by atoms with Crippen molar-refractivity contribution in [1.82, 2.24) is 10.6 Å². The standard InChI is InChI=1S/C11H18F2N2O.ClH/c1-7-3-2-4-8(7)15-10(16)9-5-11(12,13)6-14-9;/h7-9,14H,2-6H2,1H3,(H,15,16);1H. The van der Waals surface area contributed by atoms with E-state index >= 15 is 0 Å². The number of alkyl halides is 2. The van der Waals surface area contributed by atoms with Crippen molar-refractivity contribution in [2.45, 2.75) is 50.6 Å². The molecule has 2 aliphatic rings. The summed E-state index contributed by atoms with van der Waals surface area (Å²) in [7, 11) is 0. The second kappa shape index (κ2) is 5.48. The molecule has 2 rings (SSSR count). The fraction of sp³-hybridized carbons (Fsp3) is 0.909. The maximum absolute atomic E-state index is 12.9. The molecule has 1 aliphatic carbocycles. The smallest absolute Gasteiger partial charge is 0.262 e. The van der Waals surface area contributed by atoms with Gasteiger partial charge in [0.2, 0.25) is 5.91 Å². The van der Waals surface area contributed by atoms with Gasteiger partial charge in [0.1, 0.15) is 0 Å². The lowest BCUT2D eigenvalue weighted by Crippen LogP contribution is -2.46. The highest BCUT2D eigenvalue weighted by atomic mass is 35.5. The summed E-state index contributed by atoms with van der Waals surface area (Å²) in [4.78, 5) is 11.7. The van der Waals surface area contributed by atoms with Gasteiger partial charge in [-0.15, -0.1) is 12.4 Å². The number of carbonyl (C=O) groups is 1. The average molecular weight is 269 g/mol. The molecule has 1 amide bonds. The maximum Gasteiger partial charge on any atom is 0.262 e. The molecule has 3 atom stereocenters. The van der Waals surface area contributed by atoms with Crippen LogP contribution in [0.2, 0.25) is 0 Å². The Morgan fingerprint density at radius 3 is 2.59 bits per heavy atom. The van der Waals surface area contributed by atoms with Gasteiger partial charge in [0, 0.05) is 12.5 Å². The molecule has 3 nitrogen and oxygen atoms in total. The summed E-state index contributed by atoms with van der Waals surface area (Å²) in [6.45, 7) is 1.71. The summed E-state index contributed by atoms with van der Waals surface area (Å²) in [6.07, 6.45) is 2.82. The van der Waals surface area contributed by atoms with Gasteiger partial charge in [-0.25, -0.2) is 8.78 Å². The Labute approximate surface area is 106 Å². The Bertz CT molecular complexity index is 289. The summed E-state index contributed by atoms with van der Waals surface area (Å²) in [5.74, 6) is -2.54. The molecular weight excluding hydrogens is 250 g/mol. The highest BCUT2D eigenvalue weighted by Crippen LogP contribution is 2.27. The number of nitrogens with one attached hydrogen (secondary N) is 2. The highest BCUT2D eigenvalue weighted by Gasteiger charge is 2.42. The molecule has 100 valence electrons. The molecule has 17 heavy (non-hydrogen) atoms. The molecule has 1 saturated carbocycles. The monoisotopic (exact) mass is 268 g/mol. The predicted octanol–water partition coefficient (Wildman–Crippen LogP) is 1.71. The number of halogens is 3. The van der Waals surface area contributed by atoms with Gasteiger partial charge in [0.15, 0.2) is 0 Å². The van der Waals surface area contributed by atoms with E-state index < -0.39 is 12.0 Å². The van der Waals surface area contributed by atoms with Crippen molar-refractivity contribution < 1.29 is 13.6 Å². The third kappa shape index (κ3) is 3.52. The van der Waals surface area contributed by atoms with E-state index in [9.17, 15) is 13.6 Å². The first-order chi connectivity index (χ1) is 7.48. The first kappa shape index (κ1) is 14.6. The predicted molar refractivity (Wildman–Crippen MR) is 63.5 cm³/mol. The molecule has 0 aromatic heterocycles. The topological polar surface area (TPSA) is 41.1 Å². The zero-order valence-corrected chi connectivity index (χ0v) is 10.7. The SMILES string of the molecule is CC1CCCC1NC(=O)C1CC(F)(F)CN1.Cl. The lowest BCUT2D eigenvalue weighted by atomic mass is 10.1. The van der Waals surface area contributed by atoms with E-state index in [4.69, 9.17) is 0 Å². The van der Waals surface area contributed by atoms with Gasteiger partial charge < -0.3 is 5.32 Å². The van der Waals surface area contributed by atoms with Gasteiger partial charge in [0.05, 0.1) is 12.6 Å². The minimum absolute atomic E-state index is 0. The number of hydrogen-bond acceptors (Lipinski definition) is 2. The minimum Gasteiger partial charge on any atom is -0.352 e. The first-order valence-corrected chi connectivity index (χ1v) is 5.89. The summed E-state index contributed by atoms with van der Waals surface area (Å²) in [5.41, 5.74) is 0. The summed E-state index contributed by atoms with van der Waals surface area (Å²) < 4.78 is 25.8. The summed E-state index contributed by atoms with van der Waals surface area (Å²) >= 11 is 0. The molecular formula is C11H19ClF2N2O. The number of hydrogen-bond donors (Lipinski definition) is 2. The Hall–Kier alpha value is -0.420. The lowest BCUT2D eigenvalue weighted by Gasteiger charge is -2.19. The molecule has 1 saturated heterocycles.